The molecule has 0 saturated heterocycles. The van der Waals surface area contributed by atoms with E-state index < -0.39 is 31.0 Å². The standard InChI is InChI=1S/C12H18NO6P/c14-12(15)9-13(16,10-20(17,18)19)8-4-7-11-5-2-1-3-6-11/h1-3,5-6H,4,7-10H2,(H,14,15)(H2,17,18,19). The molecule has 0 radical (unpaired) electrons. The number of aliphatic carboxylic acids is 1. The first-order chi connectivity index (χ1) is 9.20. The van der Waals surface area contributed by atoms with E-state index in [1.165, 1.54) is 0 Å². The summed E-state index contributed by atoms with van der Waals surface area (Å²) >= 11 is 0. The molecule has 8 heteroatoms. The summed E-state index contributed by atoms with van der Waals surface area (Å²) in [4.78, 5) is 28.4. The molecule has 1 rings (SSSR count). The molecule has 3 N–H and O–H groups in total. The highest BCUT2D eigenvalue weighted by atomic mass is 31.2. The zero-order chi connectivity index (χ0) is 15.2. The fourth-order valence-corrected chi connectivity index (χ4v) is 2.91. The second-order valence-electron chi connectivity index (χ2n) is 4.73. The number of carbonyl (C=O) groups is 1. The van der Waals surface area contributed by atoms with Gasteiger partial charge in [0.25, 0.3) is 0 Å². The molecule has 7 nitrogen and oxygen atoms in total. The van der Waals surface area contributed by atoms with Crippen molar-refractivity contribution < 1.29 is 28.9 Å². The third-order valence-corrected chi connectivity index (χ3v) is 3.62. The van der Waals surface area contributed by atoms with Crippen LogP contribution in [0.25, 0.3) is 0 Å². The van der Waals surface area contributed by atoms with Crippen molar-refractivity contribution in [3.63, 3.8) is 0 Å². The lowest BCUT2D eigenvalue weighted by molar-refractivity contribution is -0.862. The molecule has 0 heterocycles. The van der Waals surface area contributed by atoms with Gasteiger partial charge in [0.05, 0.1) is 6.54 Å². The smallest absolute Gasteiger partial charge is 0.379 e. The molecular weight excluding hydrogens is 285 g/mol. The Morgan fingerprint density at radius 1 is 1.25 bits per heavy atom. The fraction of sp³-hybridized carbons (Fsp3) is 0.417. The first kappa shape index (κ1) is 16.8. The summed E-state index contributed by atoms with van der Waals surface area (Å²) in [5, 5.41) is 20.9. The molecule has 112 valence electrons. The monoisotopic (exact) mass is 303 g/mol. The van der Waals surface area contributed by atoms with Gasteiger partial charge in [0, 0.05) is 6.42 Å². The van der Waals surface area contributed by atoms with Crippen molar-refractivity contribution in [2.45, 2.75) is 12.8 Å². The lowest BCUT2D eigenvalue weighted by Crippen LogP contribution is -2.47. The van der Waals surface area contributed by atoms with Gasteiger partial charge in [-0.1, -0.05) is 30.3 Å². The van der Waals surface area contributed by atoms with E-state index in [2.05, 4.69) is 0 Å². The number of quaternary nitrogens is 1. The van der Waals surface area contributed by atoms with Crippen LogP contribution in [0.2, 0.25) is 0 Å². The number of aryl methyl sites for hydroxylation is 1. The van der Waals surface area contributed by atoms with Crippen LogP contribution in [0.3, 0.4) is 0 Å². The number of hydrogen-bond acceptors (Lipinski definition) is 3. The van der Waals surface area contributed by atoms with E-state index >= 15 is 0 Å². The first-order valence-corrected chi connectivity index (χ1v) is 7.87. The molecule has 1 aromatic carbocycles. The van der Waals surface area contributed by atoms with Crippen molar-refractivity contribution in [1.29, 1.82) is 0 Å². The average molecular weight is 303 g/mol. The largest absolute Gasteiger partial charge is 0.632 e. The van der Waals surface area contributed by atoms with Gasteiger partial charge >= 0.3 is 13.6 Å². The molecule has 0 aliphatic heterocycles. The summed E-state index contributed by atoms with van der Waals surface area (Å²) in [5.41, 5.74) is 0.991. The van der Waals surface area contributed by atoms with E-state index in [0.29, 0.717) is 12.8 Å². The van der Waals surface area contributed by atoms with Gasteiger partial charge in [0.2, 0.25) is 0 Å². The molecule has 0 aliphatic carbocycles. The summed E-state index contributed by atoms with van der Waals surface area (Å²) in [5.74, 6) is -1.37. The topological polar surface area (TPSA) is 118 Å². The lowest BCUT2D eigenvalue weighted by Gasteiger charge is -2.41. The molecule has 0 fully saturated rings. The first-order valence-electron chi connectivity index (χ1n) is 6.08. The normalized spacial score (nSPS) is 14.8. The Morgan fingerprint density at radius 3 is 2.35 bits per heavy atom. The van der Waals surface area contributed by atoms with Gasteiger partial charge in [-0.15, -0.1) is 0 Å². The minimum Gasteiger partial charge on any atom is -0.632 e. The van der Waals surface area contributed by atoms with E-state index in [0.717, 1.165) is 5.56 Å². The maximum atomic E-state index is 12.2. The van der Waals surface area contributed by atoms with Crippen LogP contribution in [0.4, 0.5) is 0 Å². The molecule has 20 heavy (non-hydrogen) atoms. The van der Waals surface area contributed by atoms with Gasteiger partial charge in [-0.25, -0.2) is 4.79 Å². The number of hydrogen-bond donors (Lipinski definition) is 3. The van der Waals surface area contributed by atoms with Gasteiger partial charge in [-0.2, -0.15) is 0 Å². The second kappa shape index (κ2) is 6.97. The summed E-state index contributed by atoms with van der Waals surface area (Å²) in [6.07, 6.45) is -0.0846. The number of rotatable bonds is 8. The molecule has 0 aromatic heterocycles. The number of carboxylic acid groups (broad SMARTS) is 1. The minimum atomic E-state index is -4.56. The van der Waals surface area contributed by atoms with E-state index in [1.54, 1.807) is 0 Å². The van der Waals surface area contributed by atoms with Crippen molar-refractivity contribution in [1.82, 2.24) is 0 Å². The second-order valence-corrected chi connectivity index (χ2v) is 6.34. The maximum Gasteiger partial charge on any atom is 0.379 e. The third kappa shape index (κ3) is 6.79. The number of carboxylic acids is 1. The highest BCUT2D eigenvalue weighted by Gasteiger charge is 2.30. The summed E-state index contributed by atoms with van der Waals surface area (Å²) in [6, 6.07) is 9.30. The molecule has 0 bridgehead atoms. The van der Waals surface area contributed by atoms with Crippen LogP contribution in [-0.2, 0) is 15.8 Å². The van der Waals surface area contributed by atoms with Crippen LogP contribution in [0, 0.1) is 5.21 Å². The SMILES string of the molecule is O=C(O)C[N+]([O-])(CCCc1ccccc1)CP(=O)(O)O. The fourth-order valence-electron chi connectivity index (χ4n) is 2.00. The van der Waals surface area contributed by atoms with Crippen molar-refractivity contribution >= 4 is 13.6 Å². The van der Waals surface area contributed by atoms with Gasteiger partial charge < -0.3 is 24.7 Å². The van der Waals surface area contributed by atoms with Gasteiger partial charge in [-0.05, 0) is 12.0 Å². The maximum absolute atomic E-state index is 12.2. The predicted molar refractivity (Wildman–Crippen MR) is 72.7 cm³/mol. The molecule has 1 unspecified atom stereocenters. The number of nitrogens with zero attached hydrogens (tertiary/aromatic N) is 1. The Bertz CT molecular complexity index is 488. The average Bonchev–Trinajstić information content (AvgIpc) is 2.26. The molecule has 0 saturated carbocycles. The van der Waals surface area contributed by atoms with Gasteiger partial charge in [-0.3, -0.25) is 4.57 Å². The van der Waals surface area contributed by atoms with Crippen molar-refractivity contribution in [2.24, 2.45) is 0 Å². The lowest BCUT2D eigenvalue weighted by atomic mass is 10.1. The van der Waals surface area contributed by atoms with Crippen LogP contribution in [-0.4, -0.2) is 44.9 Å². The number of hydroxylamine groups is 3. The Labute approximate surface area is 116 Å². The van der Waals surface area contributed by atoms with Crippen LogP contribution in [0.1, 0.15) is 12.0 Å². The molecule has 0 aliphatic rings. The zero-order valence-corrected chi connectivity index (χ0v) is 11.8. The highest BCUT2D eigenvalue weighted by Crippen LogP contribution is 2.38. The summed E-state index contributed by atoms with van der Waals surface area (Å²) < 4.78 is 9.54. The van der Waals surface area contributed by atoms with E-state index in [1.807, 2.05) is 30.3 Å². The van der Waals surface area contributed by atoms with Crippen LogP contribution < -0.4 is 0 Å². The van der Waals surface area contributed by atoms with Gasteiger partial charge in [0.1, 0.15) is 0 Å². The molecule has 1 aromatic rings. The Morgan fingerprint density at radius 2 is 1.85 bits per heavy atom. The predicted octanol–water partition coefficient (Wildman–Crippen LogP) is 1.15. The van der Waals surface area contributed by atoms with Crippen molar-refractivity contribution in [3.8, 4) is 0 Å². The summed E-state index contributed by atoms with van der Waals surface area (Å²) in [7, 11) is -4.56. The van der Waals surface area contributed by atoms with E-state index in [4.69, 9.17) is 14.9 Å². The van der Waals surface area contributed by atoms with E-state index in [-0.39, 0.29) is 6.54 Å². The van der Waals surface area contributed by atoms with Crippen LogP contribution in [0.5, 0.6) is 0 Å². The molecule has 0 spiro atoms. The Hall–Kier alpha value is -1.24. The van der Waals surface area contributed by atoms with E-state index in [9.17, 15) is 14.6 Å². The molecular formula is C12H18NO6P. The quantitative estimate of drug-likeness (QED) is 0.377. The zero-order valence-electron chi connectivity index (χ0n) is 10.9. The molecule has 1 atom stereocenters. The Balaban J connectivity index is 2.61. The summed E-state index contributed by atoms with van der Waals surface area (Å²) in [6.45, 7) is -0.994. The van der Waals surface area contributed by atoms with Crippen molar-refractivity contribution in [3.05, 3.63) is 41.1 Å². The minimum absolute atomic E-state index is 0.147. The third-order valence-electron chi connectivity index (χ3n) is 2.74. The van der Waals surface area contributed by atoms with Crippen LogP contribution >= 0.6 is 7.60 Å². The highest BCUT2D eigenvalue weighted by molar-refractivity contribution is 7.51. The van der Waals surface area contributed by atoms with Crippen molar-refractivity contribution in [2.75, 3.05) is 19.4 Å². The number of benzene rings is 1. The van der Waals surface area contributed by atoms with Gasteiger partial charge in [0.15, 0.2) is 12.8 Å². The van der Waals surface area contributed by atoms with Crippen LogP contribution in [0.15, 0.2) is 30.3 Å². The Kier molecular flexibility index (Phi) is 5.86. The molecule has 0 amide bonds.